The number of piperidine rings is 1. The van der Waals surface area contributed by atoms with Gasteiger partial charge in [-0.15, -0.1) is 0 Å². The van der Waals surface area contributed by atoms with Gasteiger partial charge in [-0.3, -0.25) is 9.59 Å². The van der Waals surface area contributed by atoms with Crippen LogP contribution in [0.2, 0.25) is 0 Å². The summed E-state index contributed by atoms with van der Waals surface area (Å²) in [6.45, 7) is 1.39. The lowest BCUT2D eigenvalue weighted by atomic mass is 9.93. The zero-order chi connectivity index (χ0) is 19.1. The summed E-state index contributed by atoms with van der Waals surface area (Å²) in [4.78, 5) is 33.3. The molecule has 0 saturated carbocycles. The number of H-pyrrole nitrogens is 2. The van der Waals surface area contributed by atoms with E-state index in [9.17, 15) is 9.59 Å². The topological polar surface area (TPSA) is 69.0 Å². The van der Waals surface area contributed by atoms with Crippen molar-refractivity contribution in [2.45, 2.75) is 18.8 Å². The molecule has 0 atom stereocenters. The van der Waals surface area contributed by atoms with Gasteiger partial charge in [0.05, 0.1) is 5.56 Å². The average Bonchev–Trinajstić information content (AvgIpc) is 3.17. The Balaban J connectivity index is 1.37. The van der Waals surface area contributed by atoms with E-state index >= 15 is 0 Å². The number of nitrogens with one attached hydrogen (secondary N) is 2. The number of pyridine rings is 1. The zero-order valence-corrected chi connectivity index (χ0v) is 15.4. The summed E-state index contributed by atoms with van der Waals surface area (Å²) in [7, 11) is 0. The second-order valence-corrected chi connectivity index (χ2v) is 7.47. The van der Waals surface area contributed by atoms with Crippen molar-refractivity contribution in [3.05, 3.63) is 82.3 Å². The molecule has 0 aliphatic carbocycles. The van der Waals surface area contributed by atoms with Crippen molar-refractivity contribution in [3.8, 4) is 0 Å². The third kappa shape index (κ3) is 2.89. The SMILES string of the molecule is O=C(c1cc(=O)[nH]c2ccccc12)N1CCC(c2cc3ccccc3[nH]2)CC1. The first-order chi connectivity index (χ1) is 13.7. The smallest absolute Gasteiger partial charge is 0.254 e. The van der Waals surface area contributed by atoms with Crippen LogP contribution in [-0.4, -0.2) is 33.9 Å². The van der Waals surface area contributed by atoms with Crippen LogP contribution in [0.1, 0.15) is 34.8 Å². The molecule has 1 aliphatic heterocycles. The van der Waals surface area contributed by atoms with Gasteiger partial charge in [-0.1, -0.05) is 36.4 Å². The highest BCUT2D eigenvalue weighted by atomic mass is 16.2. The number of carbonyl (C=O) groups excluding carboxylic acids is 1. The molecule has 2 aromatic carbocycles. The number of benzene rings is 2. The largest absolute Gasteiger partial charge is 0.358 e. The molecular weight excluding hydrogens is 350 g/mol. The first-order valence-electron chi connectivity index (χ1n) is 9.68. The van der Waals surface area contributed by atoms with Crippen molar-refractivity contribution in [2.24, 2.45) is 0 Å². The van der Waals surface area contributed by atoms with E-state index < -0.39 is 0 Å². The number of aromatic nitrogens is 2. The Morgan fingerprint density at radius 2 is 1.61 bits per heavy atom. The van der Waals surface area contributed by atoms with Crippen molar-refractivity contribution in [1.82, 2.24) is 14.9 Å². The molecule has 5 nitrogen and oxygen atoms in total. The van der Waals surface area contributed by atoms with Gasteiger partial charge in [-0.05, 0) is 36.4 Å². The van der Waals surface area contributed by atoms with Crippen molar-refractivity contribution in [2.75, 3.05) is 13.1 Å². The first kappa shape index (κ1) is 16.8. The van der Waals surface area contributed by atoms with Crippen molar-refractivity contribution in [3.63, 3.8) is 0 Å². The first-order valence-corrected chi connectivity index (χ1v) is 9.68. The molecule has 1 saturated heterocycles. The third-order valence-corrected chi connectivity index (χ3v) is 5.75. The normalized spacial score (nSPS) is 15.4. The molecular formula is C23H21N3O2. The summed E-state index contributed by atoms with van der Waals surface area (Å²) in [5.74, 6) is 0.366. The predicted molar refractivity (Wildman–Crippen MR) is 111 cm³/mol. The maximum Gasteiger partial charge on any atom is 0.254 e. The number of rotatable bonds is 2. The summed E-state index contributed by atoms with van der Waals surface area (Å²) in [5.41, 5.74) is 3.35. The lowest BCUT2D eigenvalue weighted by molar-refractivity contribution is 0.0714. The molecule has 1 amide bonds. The summed E-state index contributed by atoms with van der Waals surface area (Å²) in [6.07, 6.45) is 1.83. The predicted octanol–water partition coefficient (Wildman–Crippen LogP) is 4.03. The quantitative estimate of drug-likeness (QED) is 0.559. The molecule has 28 heavy (non-hydrogen) atoms. The van der Waals surface area contributed by atoms with E-state index in [1.165, 1.54) is 17.1 Å². The number of nitrogens with zero attached hydrogens (tertiary/aromatic N) is 1. The summed E-state index contributed by atoms with van der Waals surface area (Å²) >= 11 is 0. The van der Waals surface area contributed by atoms with E-state index in [-0.39, 0.29) is 11.5 Å². The fraction of sp³-hybridized carbons (Fsp3) is 0.217. The number of amides is 1. The Bertz CT molecular complexity index is 1200. The van der Waals surface area contributed by atoms with E-state index in [0.717, 1.165) is 23.7 Å². The Morgan fingerprint density at radius 1 is 0.893 bits per heavy atom. The number of hydrogen-bond donors (Lipinski definition) is 2. The number of likely N-dealkylation sites (tertiary alicyclic amines) is 1. The van der Waals surface area contributed by atoms with Gasteiger partial charge in [0, 0.05) is 47.2 Å². The Hall–Kier alpha value is -3.34. The lowest BCUT2D eigenvalue weighted by Gasteiger charge is -2.32. The van der Waals surface area contributed by atoms with Crippen LogP contribution in [0.4, 0.5) is 0 Å². The average molecular weight is 371 g/mol. The molecule has 5 heteroatoms. The van der Waals surface area contributed by atoms with Crippen LogP contribution in [0, 0.1) is 0 Å². The fourth-order valence-electron chi connectivity index (χ4n) is 4.26. The molecule has 0 radical (unpaired) electrons. The molecule has 2 N–H and O–H groups in total. The maximum absolute atomic E-state index is 13.1. The van der Waals surface area contributed by atoms with Crippen LogP contribution in [-0.2, 0) is 0 Å². The van der Waals surface area contributed by atoms with Gasteiger partial charge in [-0.2, -0.15) is 0 Å². The van der Waals surface area contributed by atoms with Gasteiger partial charge in [0.15, 0.2) is 0 Å². The fourth-order valence-corrected chi connectivity index (χ4v) is 4.26. The number of para-hydroxylation sites is 2. The van der Waals surface area contributed by atoms with Gasteiger partial charge in [-0.25, -0.2) is 0 Å². The van der Waals surface area contributed by atoms with Gasteiger partial charge < -0.3 is 14.9 Å². The summed E-state index contributed by atoms with van der Waals surface area (Å²) < 4.78 is 0. The minimum atomic E-state index is -0.241. The van der Waals surface area contributed by atoms with Crippen molar-refractivity contribution < 1.29 is 4.79 Å². The highest BCUT2D eigenvalue weighted by Crippen LogP contribution is 2.30. The number of fused-ring (bicyclic) bond motifs is 2. The van der Waals surface area contributed by atoms with Gasteiger partial charge >= 0.3 is 0 Å². The van der Waals surface area contributed by atoms with Crippen molar-refractivity contribution in [1.29, 1.82) is 0 Å². The number of carbonyl (C=O) groups is 1. The molecule has 0 unspecified atom stereocenters. The second kappa shape index (κ2) is 6.68. The van der Waals surface area contributed by atoms with Crippen LogP contribution in [0.25, 0.3) is 21.8 Å². The third-order valence-electron chi connectivity index (χ3n) is 5.75. The van der Waals surface area contributed by atoms with Crippen molar-refractivity contribution >= 4 is 27.7 Å². The molecule has 140 valence electrons. The zero-order valence-electron chi connectivity index (χ0n) is 15.4. The number of hydrogen-bond acceptors (Lipinski definition) is 2. The molecule has 0 spiro atoms. The van der Waals surface area contributed by atoms with Crippen LogP contribution < -0.4 is 5.56 Å². The minimum absolute atomic E-state index is 0.0580. The molecule has 0 bridgehead atoms. The summed E-state index contributed by atoms with van der Waals surface area (Å²) in [5, 5.41) is 2.02. The highest BCUT2D eigenvalue weighted by molar-refractivity contribution is 6.06. The highest BCUT2D eigenvalue weighted by Gasteiger charge is 2.26. The minimum Gasteiger partial charge on any atom is -0.358 e. The molecule has 5 rings (SSSR count). The lowest BCUT2D eigenvalue weighted by Crippen LogP contribution is -2.38. The van der Waals surface area contributed by atoms with E-state index in [0.29, 0.717) is 30.1 Å². The van der Waals surface area contributed by atoms with E-state index in [4.69, 9.17) is 0 Å². The molecule has 4 aromatic rings. The molecule has 1 fully saturated rings. The Kier molecular flexibility index (Phi) is 4.01. The van der Waals surface area contributed by atoms with Gasteiger partial charge in [0.2, 0.25) is 5.56 Å². The van der Waals surface area contributed by atoms with E-state index in [1.54, 1.807) is 0 Å². The maximum atomic E-state index is 13.1. The van der Waals surface area contributed by atoms with E-state index in [1.807, 2.05) is 41.3 Å². The number of aromatic amines is 2. The van der Waals surface area contributed by atoms with Gasteiger partial charge in [0.1, 0.15) is 0 Å². The van der Waals surface area contributed by atoms with E-state index in [2.05, 4.69) is 28.2 Å². The van der Waals surface area contributed by atoms with Crippen LogP contribution in [0.5, 0.6) is 0 Å². The van der Waals surface area contributed by atoms with Gasteiger partial charge in [0.25, 0.3) is 5.91 Å². The molecule has 3 heterocycles. The molecule has 1 aliphatic rings. The van der Waals surface area contributed by atoms with Crippen LogP contribution >= 0.6 is 0 Å². The van der Waals surface area contributed by atoms with Crippen LogP contribution in [0.3, 0.4) is 0 Å². The summed E-state index contributed by atoms with van der Waals surface area (Å²) in [6, 6.07) is 19.4. The standard InChI is InChI=1S/C23H21N3O2/c27-22-14-18(17-6-2-4-8-20(17)25-22)23(28)26-11-9-15(10-12-26)21-13-16-5-1-3-7-19(16)24-21/h1-8,13-15,24H,9-12H2,(H,25,27). The molecule has 2 aromatic heterocycles. The Morgan fingerprint density at radius 3 is 2.39 bits per heavy atom. The monoisotopic (exact) mass is 371 g/mol. The van der Waals surface area contributed by atoms with Crippen LogP contribution in [0.15, 0.2) is 65.5 Å². The second-order valence-electron chi connectivity index (χ2n) is 7.47. The Labute approximate surface area is 162 Å².